The maximum Gasteiger partial charge on any atom is 0.0430 e. The molecule has 0 aliphatic rings. The molecule has 1 atom stereocenters. The summed E-state index contributed by atoms with van der Waals surface area (Å²) in [5.41, 5.74) is 7.31. The molecule has 0 saturated heterocycles. The summed E-state index contributed by atoms with van der Waals surface area (Å²) >= 11 is 7.52. The molecule has 0 amide bonds. The molecule has 16 heavy (non-hydrogen) atoms. The first kappa shape index (κ1) is 13.5. The highest BCUT2D eigenvalue weighted by Crippen LogP contribution is 2.21. The van der Waals surface area contributed by atoms with Gasteiger partial charge in [-0.25, -0.2) is 0 Å². The molecule has 2 aromatic rings. The molecular formula is C12H13Cl2NS. The van der Waals surface area contributed by atoms with E-state index in [0.717, 1.165) is 11.4 Å². The number of rotatable bonds is 3. The molecule has 0 aliphatic carbocycles. The largest absolute Gasteiger partial charge is 0.323 e. The Bertz CT molecular complexity index is 411. The molecule has 1 nitrogen and oxygen atoms in total. The topological polar surface area (TPSA) is 26.0 Å². The summed E-state index contributed by atoms with van der Waals surface area (Å²) in [5.74, 6) is 0. The van der Waals surface area contributed by atoms with Crippen molar-refractivity contribution < 1.29 is 0 Å². The van der Waals surface area contributed by atoms with Crippen LogP contribution in [0.2, 0.25) is 5.02 Å². The summed E-state index contributed by atoms with van der Waals surface area (Å²) in [4.78, 5) is 1.23. The quantitative estimate of drug-likeness (QED) is 0.897. The number of benzene rings is 1. The summed E-state index contributed by atoms with van der Waals surface area (Å²) in [6, 6.07) is 12.0. The standard InChI is InChI=1S/C12H12ClNS.ClH/c13-10-5-3-9(4-6-10)8-11(14)12-2-1-7-15-12;/h1-7,11H,8,14H2;1H. The molecule has 86 valence electrons. The lowest BCUT2D eigenvalue weighted by molar-refractivity contribution is 0.736. The van der Waals surface area contributed by atoms with Crippen molar-refractivity contribution in [3.63, 3.8) is 0 Å². The average molecular weight is 274 g/mol. The van der Waals surface area contributed by atoms with Crippen molar-refractivity contribution in [3.05, 3.63) is 57.2 Å². The average Bonchev–Trinajstić information content (AvgIpc) is 2.74. The third kappa shape index (κ3) is 3.49. The van der Waals surface area contributed by atoms with Crippen molar-refractivity contribution in [2.75, 3.05) is 0 Å². The van der Waals surface area contributed by atoms with Crippen LogP contribution in [0.3, 0.4) is 0 Å². The highest BCUT2D eigenvalue weighted by molar-refractivity contribution is 7.10. The zero-order valence-corrected chi connectivity index (χ0v) is 11.0. The molecule has 1 aromatic heterocycles. The third-order valence-electron chi connectivity index (χ3n) is 2.28. The van der Waals surface area contributed by atoms with E-state index in [-0.39, 0.29) is 18.4 Å². The second-order valence-corrected chi connectivity index (χ2v) is 4.87. The zero-order valence-electron chi connectivity index (χ0n) is 8.60. The van der Waals surface area contributed by atoms with E-state index in [4.69, 9.17) is 17.3 Å². The second kappa shape index (κ2) is 6.26. The van der Waals surface area contributed by atoms with E-state index in [0.29, 0.717) is 0 Å². The lowest BCUT2D eigenvalue weighted by atomic mass is 10.1. The molecule has 2 N–H and O–H groups in total. The number of nitrogens with two attached hydrogens (primary N) is 1. The van der Waals surface area contributed by atoms with Crippen LogP contribution in [-0.4, -0.2) is 0 Å². The summed E-state index contributed by atoms with van der Waals surface area (Å²) in [6.07, 6.45) is 0.859. The Hall–Kier alpha value is -0.540. The lowest BCUT2D eigenvalue weighted by Gasteiger charge is -2.09. The lowest BCUT2D eigenvalue weighted by Crippen LogP contribution is -2.11. The van der Waals surface area contributed by atoms with Crippen LogP contribution < -0.4 is 5.73 Å². The Balaban J connectivity index is 0.00000128. The number of hydrogen-bond donors (Lipinski definition) is 1. The Morgan fingerprint density at radius 3 is 2.44 bits per heavy atom. The summed E-state index contributed by atoms with van der Waals surface area (Å²) in [6.45, 7) is 0. The van der Waals surface area contributed by atoms with E-state index in [1.807, 2.05) is 30.3 Å². The Morgan fingerprint density at radius 1 is 1.19 bits per heavy atom. The molecular weight excluding hydrogens is 261 g/mol. The van der Waals surface area contributed by atoms with Gasteiger partial charge in [-0.05, 0) is 35.6 Å². The summed E-state index contributed by atoms with van der Waals surface area (Å²) < 4.78 is 0. The summed E-state index contributed by atoms with van der Waals surface area (Å²) in [5, 5.41) is 2.82. The van der Waals surface area contributed by atoms with E-state index in [1.165, 1.54) is 10.4 Å². The maximum absolute atomic E-state index is 6.09. The molecule has 4 heteroatoms. The Morgan fingerprint density at radius 2 is 1.88 bits per heavy atom. The molecule has 1 unspecified atom stereocenters. The first-order valence-corrected chi connectivity index (χ1v) is 6.05. The molecule has 0 aliphatic heterocycles. The van der Waals surface area contributed by atoms with E-state index in [1.54, 1.807) is 11.3 Å². The van der Waals surface area contributed by atoms with E-state index < -0.39 is 0 Å². The van der Waals surface area contributed by atoms with Gasteiger partial charge in [0.1, 0.15) is 0 Å². The minimum absolute atomic E-state index is 0. The van der Waals surface area contributed by atoms with Gasteiger partial charge in [0.25, 0.3) is 0 Å². The molecule has 1 heterocycles. The fourth-order valence-corrected chi connectivity index (χ4v) is 2.33. The van der Waals surface area contributed by atoms with Gasteiger partial charge in [-0.3, -0.25) is 0 Å². The van der Waals surface area contributed by atoms with Gasteiger partial charge in [0, 0.05) is 15.9 Å². The van der Waals surface area contributed by atoms with E-state index in [9.17, 15) is 0 Å². The van der Waals surface area contributed by atoms with Crippen molar-refractivity contribution >= 4 is 35.3 Å². The van der Waals surface area contributed by atoms with Gasteiger partial charge in [0.05, 0.1) is 0 Å². The van der Waals surface area contributed by atoms with Crippen LogP contribution >= 0.6 is 35.3 Å². The summed E-state index contributed by atoms with van der Waals surface area (Å²) in [7, 11) is 0. The fraction of sp³-hybridized carbons (Fsp3) is 0.167. The van der Waals surface area contributed by atoms with Crippen molar-refractivity contribution in [3.8, 4) is 0 Å². The Labute approximate surface area is 111 Å². The fourth-order valence-electron chi connectivity index (χ4n) is 1.48. The van der Waals surface area contributed by atoms with Crippen LogP contribution in [-0.2, 0) is 6.42 Å². The predicted octanol–water partition coefficient (Wildman–Crippen LogP) is 4.07. The van der Waals surface area contributed by atoms with E-state index in [2.05, 4.69) is 11.4 Å². The molecule has 2 rings (SSSR count). The first-order valence-electron chi connectivity index (χ1n) is 4.79. The van der Waals surface area contributed by atoms with Crippen LogP contribution in [0, 0.1) is 0 Å². The van der Waals surface area contributed by atoms with Crippen molar-refractivity contribution in [1.29, 1.82) is 0 Å². The van der Waals surface area contributed by atoms with Gasteiger partial charge in [-0.1, -0.05) is 29.8 Å². The van der Waals surface area contributed by atoms with Gasteiger partial charge in [-0.15, -0.1) is 23.7 Å². The monoisotopic (exact) mass is 273 g/mol. The van der Waals surface area contributed by atoms with Crippen molar-refractivity contribution in [2.45, 2.75) is 12.5 Å². The number of halogens is 2. The smallest absolute Gasteiger partial charge is 0.0430 e. The van der Waals surface area contributed by atoms with Crippen LogP contribution in [0.4, 0.5) is 0 Å². The highest BCUT2D eigenvalue weighted by Gasteiger charge is 2.07. The first-order chi connectivity index (χ1) is 7.25. The van der Waals surface area contributed by atoms with Crippen molar-refractivity contribution in [2.24, 2.45) is 5.73 Å². The molecule has 1 aromatic carbocycles. The third-order valence-corrected chi connectivity index (χ3v) is 3.53. The van der Waals surface area contributed by atoms with Crippen LogP contribution in [0.15, 0.2) is 41.8 Å². The minimum Gasteiger partial charge on any atom is -0.323 e. The normalized spacial score (nSPS) is 11.9. The van der Waals surface area contributed by atoms with Gasteiger partial charge in [0.15, 0.2) is 0 Å². The molecule has 0 bridgehead atoms. The van der Waals surface area contributed by atoms with Crippen LogP contribution in [0.5, 0.6) is 0 Å². The minimum atomic E-state index is 0. The van der Waals surface area contributed by atoms with Crippen LogP contribution in [0.1, 0.15) is 16.5 Å². The zero-order chi connectivity index (χ0) is 10.7. The Kier molecular flexibility index (Phi) is 5.29. The van der Waals surface area contributed by atoms with Crippen LogP contribution in [0.25, 0.3) is 0 Å². The number of thiophene rings is 1. The van der Waals surface area contributed by atoms with Gasteiger partial charge in [-0.2, -0.15) is 0 Å². The molecule has 0 radical (unpaired) electrons. The van der Waals surface area contributed by atoms with Gasteiger partial charge >= 0.3 is 0 Å². The highest BCUT2D eigenvalue weighted by atomic mass is 35.5. The van der Waals surface area contributed by atoms with Gasteiger partial charge < -0.3 is 5.73 Å². The predicted molar refractivity (Wildman–Crippen MR) is 73.7 cm³/mol. The maximum atomic E-state index is 6.09. The second-order valence-electron chi connectivity index (χ2n) is 3.45. The SMILES string of the molecule is Cl.NC(Cc1ccc(Cl)cc1)c1cccs1. The van der Waals surface area contributed by atoms with E-state index >= 15 is 0 Å². The molecule has 0 spiro atoms. The van der Waals surface area contributed by atoms with Crippen molar-refractivity contribution in [1.82, 2.24) is 0 Å². The molecule has 0 fully saturated rings. The molecule has 0 saturated carbocycles. The number of hydrogen-bond acceptors (Lipinski definition) is 2. The van der Waals surface area contributed by atoms with Gasteiger partial charge in [0.2, 0.25) is 0 Å².